The van der Waals surface area contributed by atoms with Crippen molar-refractivity contribution in [3.05, 3.63) is 50.6 Å². The van der Waals surface area contributed by atoms with Crippen LogP contribution in [0.3, 0.4) is 0 Å². The van der Waals surface area contributed by atoms with E-state index in [2.05, 4.69) is 15.9 Å². The largest absolute Gasteiger partial charge is 0.338 e. The molecular weight excluding hydrogens is 432 g/mol. The summed E-state index contributed by atoms with van der Waals surface area (Å²) in [5.41, 5.74) is 0. The molecule has 1 atom stereocenters. The van der Waals surface area contributed by atoms with Crippen molar-refractivity contribution in [2.24, 2.45) is 0 Å². The summed E-state index contributed by atoms with van der Waals surface area (Å²) in [4.78, 5) is 32.0. The molecule has 2 aromatic rings. The predicted octanol–water partition coefficient (Wildman–Crippen LogP) is 4.28. The molecule has 1 fully saturated rings. The molecule has 0 spiro atoms. The maximum atomic E-state index is 12.7. The second-order valence-corrected chi connectivity index (χ2v) is 9.86. The number of thiophene rings is 1. The van der Waals surface area contributed by atoms with Gasteiger partial charge in [-0.1, -0.05) is 15.9 Å². The molecule has 1 aliphatic rings. The Kier molecular flexibility index (Phi) is 6.42. The van der Waals surface area contributed by atoms with E-state index >= 15 is 0 Å². The van der Waals surface area contributed by atoms with Gasteiger partial charge in [-0.2, -0.15) is 0 Å². The van der Waals surface area contributed by atoms with Crippen LogP contribution in [0.1, 0.15) is 21.5 Å². The van der Waals surface area contributed by atoms with E-state index in [1.54, 1.807) is 11.8 Å². The smallest absolute Gasteiger partial charge is 0.264 e. The Bertz CT molecular complexity index is 783. The number of benzene rings is 1. The molecule has 0 bridgehead atoms. The lowest BCUT2D eigenvalue weighted by Crippen LogP contribution is -2.52. The highest BCUT2D eigenvalue weighted by molar-refractivity contribution is 9.10. The number of carbonyl (C=O) groups is 2. The molecule has 4 nitrogen and oxygen atoms in total. The topological polar surface area (TPSA) is 40.6 Å². The Morgan fingerprint density at radius 1 is 1.04 bits per heavy atom. The standard InChI is InChI=1S/C19H21BrN2O2S2/c1-13-3-8-17(25-13)19(24)22-11-9-21(10-12-22)18(23)14(2)26-16-6-4-15(20)5-7-16/h3-8,14H,9-12H2,1-2H3. The van der Waals surface area contributed by atoms with E-state index < -0.39 is 0 Å². The summed E-state index contributed by atoms with van der Waals surface area (Å²) in [5, 5.41) is -0.140. The molecular formula is C19H21BrN2O2S2. The zero-order valence-corrected chi connectivity index (χ0v) is 18.0. The van der Waals surface area contributed by atoms with Gasteiger partial charge < -0.3 is 9.80 Å². The van der Waals surface area contributed by atoms with Crippen LogP contribution in [0.5, 0.6) is 0 Å². The first-order chi connectivity index (χ1) is 12.4. The average molecular weight is 453 g/mol. The minimum Gasteiger partial charge on any atom is -0.338 e. The third-order valence-corrected chi connectivity index (χ3v) is 6.92. The Labute approximate surface area is 170 Å². The summed E-state index contributed by atoms with van der Waals surface area (Å²) in [7, 11) is 0. The molecule has 2 heterocycles. The second kappa shape index (κ2) is 8.59. The second-order valence-electron chi connectivity index (χ2n) is 6.24. The highest BCUT2D eigenvalue weighted by Gasteiger charge is 2.28. The quantitative estimate of drug-likeness (QED) is 0.649. The van der Waals surface area contributed by atoms with Gasteiger partial charge >= 0.3 is 0 Å². The highest BCUT2D eigenvalue weighted by Crippen LogP contribution is 2.26. The zero-order chi connectivity index (χ0) is 18.7. The van der Waals surface area contributed by atoms with Gasteiger partial charge in [-0.05, 0) is 50.2 Å². The number of hydrogen-bond acceptors (Lipinski definition) is 4. The fourth-order valence-corrected chi connectivity index (χ4v) is 4.91. The predicted molar refractivity (Wildman–Crippen MR) is 111 cm³/mol. The molecule has 1 aliphatic heterocycles. The summed E-state index contributed by atoms with van der Waals surface area (Å²) >= 11 is 6.52. The van der Waals surface area contributed by atoms with Crippen molar-refractivity contribution < 1.29 is 9.59 Å². The zero-order valence-electron chi connectivity index (χ0n) is 14.8. The molecule has 0 aliphatic carbocycles. The maximum absolute atomic E-state index is 12.7. The minimum absolute atomic E-state index is 0.0764. The lowest BCUT2D eigenvalue weighted by Gasteiger charge is -2.35. The minimum atomic E-state index is -0.140. The van der Waals surface area contributed by atoms with Gasteiger partial charge in [-0.3, -0.25) is 9.59 Å². The summed E-state index contributed by atoms with van der Waals surface area (Å²) in [6.45, 7) is 6.33. The SMILES string of the molecule is Cc1ccc(C(=O)N2CCN(C(=O)C(C)Sc3ccc(Br)cc3)CC2)s1. The number of carbonyl (C=O) groups excluding carboxylic acids is 2. The molecule has 7 heteroatoms. The van der Waals surface area contributed by atoms with Crippen LogP contribution in [0.4, 0.5) is 0 Å². The highest BCUT2D eigenvalue weighted by atomic mass is 79.9. The van der Waals surface area contributed by atoms with Crippen LogP contribution < -0.4 is 0 Å². The molecule has 1 aromatic heterocycles. The lowest BCUT2D eigenvalue weighted by atomic mass is 10.2. The van der Waals surface area contributed by atoms with Gasteiger partial charge in [0.15, 0.2) is 0 Å². The first-order valence-corrected chi connectivity index (χ1v) is 11.0. The summed E-state index contributed by atoms with van der Waals surface area (Å²) in [6.07, 6.45) is 0. The van der Waals surface area contributed by atoms with Crippen molar-refractivity contribution in [2.75, 3.05) is 26.2 Å². The fraction of sp³-hybridized carbons (Fsp3) is 0.368. The van der Waals surface area contributed by atoms with Crippen LogP contribution in [-0.2, 0) is 4.79 Å². The van der Waals surface area contributed by atoms with E-state index in [1.165, 1.54) is 11.3 Å². The van der Waals surface area contributed by atoms with Crippen molar-refractivity contribution in [1.29, 1.82) is 0 Å². The number of amides is 2. The molecule has 0 saturated carbocycles. The van der Waals surface area contributed by atoms with E-state index in [9.17, 15) is 9.59 Å². The Morgan fingerprint density at radius 3 is 2.23 bits per heavy atom. The molecule has 26 heavy (non-hydrogen) atoms. The number of piperazine rings is 1. The first kappa shape index (κ1) is 19.5. The van der Waals surface area contributed by atoms with Gasteiger partial charge in [-0.15, -0.1) is 23.1 Å². The third kappa shape index (κ3) is 4.69. The Balaban J connectivity index is 1.52. The van der Waals surface area contributed by atoms with Gasteiger partial charge in [0, 0.05) is 40.4 Å². The summed E-state index contributed by atoms with van der Waals surface area (Å²) in [6, 6.07) is 11.8. The number of nitrogens with zero attached hydrogens (tertiary/aromatic N) is 2. The van der Waals surface area contributed by atoms with E-state index in [0.29, 0.717) is 26.2 Å². The number of rotatable bonds is 4. The summed E-state index contributed by atoms with van der Waals surface area (Å²) in [5.74, 6) is 0.212. The Hall–Kier alpha value is -1.31. The van der Waals surface area contributed by atoms with Crippen molar-refractivity contribution >= 4 is 50.8 Å². The van der Waals surface area contributed by atoms with Crippen LogP contribution in [-0.4, -0.2) is 53.0 Å². The summed E-state index contributed by atoms with van der Waals surface area (Å²) < 4.78 is 1.03. The molecule has 0 radical (unpaired) electrons. The average Bonchev–Trinajstić information content (AvgIpc) is 3.09. The van der Waals surface area contributed by atoms with E-state index in [4.69, 9.17) is 0 Å². The van der Waals surface area contributed by atoms with Crippen molar-refractivity contribution in [1.82, 2.24) is 9.80 Å². The van der Waals surface area contributed by atoms with Gasteiger partial charge in [-0.25, -0.2) is 0 Å². The van der Waals surface area contributed by atoms with E-state index in [1.807, 2.05) is 60.0 Å². The number of thioether (sulfide) groups is 1. The van der Waals surface area contributed by atoms with Crippen LogP contribution >= 0.6 is 39.0 Å². The van der Waals surface area contributed by atoms with Crippen LogP contribution in [0.15, 0.2) is 45.8 Å². The van der Waals surface area contributed by atoms with Gasteiger partial charge in [0.1, 0.15) is 0 Å². The molecule has 3 rings (SSSR count). The maximum Gasteiger partial charge on any atom is 0.264 e. The van der Waals surface area contributed by atoms with Crippen molar-refractivity contribution in [3.8, 4) is 0 Å². The molecule has 138 valence electrons. The van der Waals surface area contributed by atoms with E-state index in [0.717, 1.165) is 19.1 Å². The molecule has 1 unspecified atom stereocenters. The van der Waals surface area contributed by atoms with Crippen molar-refractivity contribution in [2.45, 2.75) is 24.0 Å². The van der Waals surface area contributed by atoms with Crippen LogP contribution in [0, 0.1) is 6.92 Å². The van der Waals surface area contributed by atoms with Crippen molar-refractivity contribution in [3.63, 3.8) is 0 Å². The number of aryl methyl sites for hydroxylation is 1. The van der Waals surface area contributed by atoms with Gasteiger partial charge in [0.2, 0.25) is 5.91 Å². The monoisotopic (exact) mass is 452 g/mol. The van der Waals surface area contributed by atoms with Crippen LogP contribution in [0.25, 0.3) is 0 Å². The number of halogens is 1. The van der Waals surface area contributed by atoms with Crippen LogP contribution in [0.2, 0.25) is 0 Å². The number of hydrogen-bond donors (Lipinski definition) is 0. The fourth-order valence-electron chi connectivity index (χ4n) is 2.86. The van der Waals surface area contributed by atoms with Gasteiger partial charge in [0.25, 0.3) is 5.91 Å². The van der Waals surface area contributed by atoms with E-state index in [-0.39, 0.29) is 17.1 Å². The molecule has 2 amide bonds. The molecule has 1 saturated heterocycles. The molecule has 1 aromatic carbocycles. The van der Waals surface area contributed by atoms with Gasteiger partial charge in [0.05, 0.1) is 10.1 Å². The lowest BCUT2D eigenvalue weighted by molar-refractivity contribution is -0.131. The third-order valence-electron chi connectivity index (χ3n) is 4.30. The Morgan fingerprint density at radius 2 is 1.65 bits per heavy atom. The first-order valence-electron chi connectivity index (χ1n) is 8.51. The molecule has 0 N–H and O–H groups in total. The normalized spacial score (nSPS) is 15.8.